The monoisotopic (exact) mass is 333 g/mol. The minimum absolute atomic E-state index is 0.302. The molecule has 134 valence electrons. The van der Waals surface area contributed by atoms with E-state index in [2.05, 4.69) is 49.6 Å². The molecule has 0 amide bonds. The van der Waals surface area contributed by atoms with Crippen molar-refractivity contribution in [2.24, 2.45) is 4.99 Å². The lowest BCUT2D eigenvalue weighted by Crippen LogP contribution is -2.41. The fraction of sp³-hybridized carbons (Fsp3) is 0.632. The number of aryl methyl sites for hydroxylation is 1. The second-order valence-electron chi connectivity index (χ2n) is 6.17. The SMILES string of the molecule is CCCOc1cc(C)ccc1CN=C(NCC)NCC1CCCO1. The minimum Gasteiger partial charge on any atom is -0.493 e. The molecule has 0 spiro atoms. The molecule has 2 N–H and O–H groups in total. The van der Waals surface area contributed by atoms with Crippen molar-refractivity contribution in [3.8, 4) is 5.75 Å². The highest BCUT2D eigenvalue weighted by Gasteiger charge is 2.15. The number of nitrogens with one attached hydrogen (secondary N) is 2. The number of benzene rings is 1. The lowest BCUT2D eigenvalue weighted by molar-refractivity contribution is 0.114. The lowest BCUT2D eigenvalue weighted by Gasteiger charge is -2.15. The molecule has 2 rings (SSSR count). The Hall–Kier alpha value is -1.75. The molecule has 5 heteroatoms. The van der Waals surface area contributed by atoms with E-state index < -0.39 is 0 Å². The van der Waals surface area contributed by atoms with Crippen LogP contribution in [0.5, 0.6) is 5.75 Å². The maximum atomic E-state index is 5.87. The second-order valence-corrected chi connectivity index (χ2v) is 6.17. The summed E-state index contributed by atoms with van der Waals surface area (Å²) in [4.78, 5) is 4.70. The van der Waals surface area contributed by atoms with Gasteiger partial charge in [0, 0.05) is 25.3 Å². The minimum atomic E-state index is 0.302. The maximum absolute atomic E-state index is 5.87. The van der Waals surface area contributed by atoms with E-state index in [0.29, 0.717) is 12.6 Å². The predicted molar refractivity (Wildman–Crippen MR) is 98.8 cm³/mol. The van der Waals surface area contributed by atoms with Gasteiger partial charge in [-0.15, -0.1) is 0 Å². The molecule has 24 heavy (non-hydrogen) atoms. The Morgan fingerprint density at radius 2 is 2.21 bits per heavy atom. The van der Waals surface area contributed by atoms with Crippen LogP contribution in [0.25, 0.3) is 0 Å². The van der Waals surface area contributed by atoms with Crippen LogP contribution in [0, 0.1) is 6.92 Å². The van der Waals surface area contributed by atoms with E-state index >= 15 is 0 Å². The second kappa shape index (κ2) is 10.2. The fourth-order valence-electron chi connectivity index (χ4n) is 2.66. The van der Waals surface area contributed by atoms with Gasteiger partial charge in [-0.1, -0.05) is 19.1 Å². The normalized spacial score (nSPS) is 17.8. The zero-order valence-electron chi connectivity index (χ0n) is 15.2. The molecule has 1 unspecified atom stereocenters. The van der Waals surface area contributed by atoms with E-state index in [4.69, 9.17) is 14.5 Å². The van der Waals surface area contributed by atoms with Crippen molar-refractivity contribution >= 4 is 5.96 Å². The largest absolute Gasteiger partial charge is 0.493 e. The van der Waals surface area contributed by atoms with Crippen LogP contribution in [0.4, 0.5) is 0 Å². The highest BCUT2D eigenvalue weighted by molar-refractivity contribution is 5.79. The van der Waals surface area contributed by atoms with Gasteiger partial charge in [-0.2, -0.15) is 0 Å². The molecule has 0 aliphatic carbocycles. The molecule has 1 fully saturated rings. The fourth-order valence-corrected chi connectivity index (χ4v) is 2.66. The molecule has 0 radical (unpaired) electrons. The van der Waals surface area contributed by atoms with Gasteiger partial charge in [0.15, 0.2) is 5.96 Å². The Kier molecular flexibility index (Phi) is 7.89. The molecule has 0 aromatic heterocycles. The Morgan fingerprint density at radius 3 is 2.92 bits per heavy atom. The Labute approximate surface area is 145 Å². The number of guanidine groups is 1. The average molecular weight is 333 g/mol. The summed E-state index contributed by atoms with van der Waals surface area (Å²) >= 11 is 0. The van der Waals surface area contributed by atoms with Crippen molar-refractivity contribution in [3.63, 3.8) is 0 Å². The summed E-state index contributed by atoms with van der Waals surface area (Å²) in [6, 6.07) is 6.30. The first-order valence-corrected chi connectivity index (χ1v) is 9.09. The van der Waals surface area contributed by atoms with Gasteiger partial charge >= 0.3 is 0 Å². The molecule has 1 aromatic carbocycles. The summed E-state index contributed by atoms with van der Waals surface area (Å²) in [6.07, 6.45) is 3.58. The standard InChI is InChI=1S/C19H31N3O2/c1-4-10-24-18-12-15(3)8-9-16(18)13-21-19(20-5-2)22-14-17-7-6-11-23-17/h8-9,12,17H,4-7,10-11,13-14H2,1-3H3,(H2,20,21,22). The van der Waals surface area contributed by atoms with E-state index in [1.54, 1.807) is 0 Å². The Balaban J connectivity index is 1.98. The third-order valence-electron chi connectivity index (χ3n) is 3.96. The molecule has 5 nitrogen and oxygen atoms in total. The summed E-state index contributed by atoms with van der Waals surface area (Å²) in [5, 5.41) is 6.67. The molecule has 1 aliphatic heterocycles. The van der Waals surface area contributed by atoms with Crippen LogP contribution in [0.15, 0.2) is 23.2 Å². The van der Waals surface area contributed by atoms with Crippen molar-refractivity contribution in [2.45, 2.75) is 52.7 Å². The van der Waals surface area contributed by atoms with E-state index in [1.165, 1.54) is 5.56 Å². The van der Waals surface area contributed by atoms with Crippen molar-refractivity contribution in [1.82, 2.24) is 10.6 Å². The summed E-state index contributed by atoms with van der Waals surface area (Å²) in [6.45, 7) is 10.1. The van der Waals surface area contributed by atoms with Gasteiger partial charge in [-0.25, -0.2) is 4.99 Å². The molecule has 1 heterocycles. The first-order chi connectivity index (χ1) is 11.7. The Bertz CT molecular complexity index is 525. The highest BCUT2D eigenvalue weighted by atomic mass is 16.5. The molecular formula is C19H31N3O2. The van der Waals surface area contributed by atoms with Crippen LogP contribution < -0.4 is 15.4 Å². The van der Waals surface area contributed by atoms with E-state index in [1.807, 2.05) is 0 Å². The lowest BCUT2D eigenvalue weighted by atomic mass is 10.1. The molecule has 1 saturated heterocycles. The molecule has 0 saturated carbocycles. The van der Waals surface area contributed by atoms with Crippen LogP contribution in [-0.2, 0) is 11.3 Å². The molecule has 1 aromatic rings. The van der Waals surface area contributed by atoms with E-state index in [0.717, 1.165) is 62.8 Å². The van der Waals surface area contributed by atoms with Crippen LogP contribution in [0.2, 0.25) is 0 Å². The van der Waals surface area contributed by atoms with Gasteiger partial charge in [0.2, 0.25) is 0 Å². The summed E-state index contributed by atoms with van der Waals surface area (Å²) in [5.41, 5.74) is 2.32. The van der Waals surface area contributed by atoms with E-state index in [9.17, 15) is 0 Å². The van der Waals surface area contributed by atoms with Crippen molar-refractivity contribution < 1.29 is 9.47 Å². The smallest absolute Gasteiger partial charge is 0.191 e. The average Bonchev–Trinajstić information content (AvgIpc) is 3.10. The molecular weight excluding hydrogens is 302 g/mol. The number of hydrogen-bond acceptors (Lipinski definition) is 3. The molecule has 1 atom stereocenters. The molecule has 1 aliphatic rings. The summed E-state index contributed by atoms with van der Waals surface area (Å²) < 4.78 is 11.5. The topological polar surface area (TPSA) is 54.9 Å². The third-order valence-corrected chi connectivity index (χ3v) is 3.96. The maximum Gasteiger partial charge on any atom is 0.191 e. The number of rotatable bonds is 8. The van der Waals surface area contributed by atoms with E-state index in [-0.39, 0.29) is 0 Å². The Morgan fingerprint density at radius 1 is 1.33 bits per heavy atom. The zero-order valence-corrected chi connectivity index (χ0v) is 15.2. The van der Waals surface area contributed by atoms with Crippen LogP contribution in [0.3, 0.4) is 0 Å². The summed E-state index contributed by atoms with van der Waals surface area (Å²) in [5.74, 6) is 1.77. The highest BCUT2D eigenvalue weighted by Crippen LogP contribution is 2.21. The van der Waals surface area contributed by atoms with Gasteiger partial charge in [-0.05, 0) is 44.7 Å². The number of hydrogen-bond donors (Lipinski definition) is 2. The van der Waals surface area contributed by atoms with Crippen LogP contribution in [-0.4, -0.2) is 38.4 Å². The first kappa shape index (κ1) is 18.6. The van der Waals surface area contributed by atoms with Crippen LogP contribution in [0.1, 0.15) is 44.2 Å². The van der Waals surface area contributed by atoms with Gasteiger partial charge < -0.3 is 20.1 Å². The number of ether oxygens (including phenoxy) is 2. The van der Waals surface area contributed by atoms with Crippen LogP contribution >= 0.6 is 0 Å². The third kappa shape index (κ3) is 6.04. The number of nitrogens with zero attached hydrogens (tertiary/aromatic N) is 1. The van der Waals surface area contributed by atoms with Gasteiger partial charge in [0.05, 0.1) is 19.3 Å². The number of aliphatic imine (C=N–C) groups is 1. The quantitative estimate of drug-likeness (QED) is 0.567. The van der Waals surface area contributed by atoms with Crippen molar-refractivity contribution in [1.29, 1.82) is 0 Å². The zero-order chi connectivity index (χ0) is 17.2. The summed E-state index contributed by atoms with van der Waals surface area (Å²) in [7, 11) is 0. The van der Waals surface area contributed by atoms with Crippen molar-refractivity contribution in [2.75, 3.05) is 26.3 Å². The first-order valence-electron chi connectivity index (χ1n) is 9.09. The molecule has 0 bridgehead atoms. The van der Waals surface area contributed by atoms with Crippen molar-refractivity contribution in [3.05, 3.63) is 29.3 Å². The van der Waals surface area contributed by atoms with Gasteiger partial charge in [0.1, 0.15) is 5.75 Å². The predicted octanol–water partition coefficient (Wildman–Crippen LogP) is 3.02. The van der Waals surface area contributed by atoms with Gasteiger partial charge in [0.25, 0.3) is 0 Å². The van der Waals surface area contributed by atoms with Gasteiger partial charge in [-0.3, -0.25) is 0 Å².